The van der Waals surface area contributed by atoms with Gasteiger partial charge in [-0.3, -0.25) is 4.79 Å². The smallest absolute Gasteiger partial charge is 0.231 e. The molecule has 0 radical (unpaired) electrons. The van der Waals surface area contributed by atoms with Crippen LogP contribution in [0.15, 0.2) is 170 Å². The van der Waals surface area contributed by atoms with Gasteiger partial charge < -0.3 is 43.0 Å². The topological polar surface area (TPSA) is 167 Å². The summed E-state index contributed by atoms with van der Waals surface area (Å²) in [7, 11) is 1.58. The van der Waals surface area contributed by atoms with Gasteiger partial charge >= 0.3 is 0 Å². The molecular formula is C60H40F2N4O10. The van der Waals surface area contributed by atoms with Crippen molar-refractivity contribution >= 4 is 17.2 Å². The second kappa shape index (κ2) is 22.5. The van der Waals surface area contributed by atoms with Crippen LogP contribution in [-0.2, 0) is 30.5 Å². The lowest BCUT2D eigenvalue weighted by molar-refractivity contribution is -0.130. The number of hydrogen-bond donors (Lipinski definition) is 1. The molecule has 0 saturated carbocycles. The number of methoxy groups -OCH3 is 1. The maximum atomic E-state index is 14.0. The van der Waals surface area contributed by atoms with Crippen LogP contribution in [0.5, 0.6) is 46.0 Å². The zero-order valence-corrected chi connectivity index (χ0v) is 40.2. The molecule has 16 heteroatoms. The Hall–Kier alpha value is -9.91. The molecule has 8 aromatic rings. The van der Waals surface area contributed by atoms with E-state index in [0.29, 0.717) is 71.9 Å². The predicted molar refractivity (Wildman–Crippen MR) is 271 cm³/mol. The van der Waals surface area contributed by atoms with Crippen LogP contribution in [0, 0.1) is 47.4 Å². The molecule has 2 fully saturated rings. The number of benzene rings is 8. The third-order valence-corrected chi connectivity index (χ3v) is 12.1. The predicted octanol–water partition coefficient (Wildman–Crippen LogP) is 13.3. The molecule has 76 heavy (non-hydrogen) atoms. The number of phenolic OH excluding ortho intramolecular Hbond substituents is 1. The molecule has 8 aromatic carbocycles. The van der Waals surface area contributed by atoms with Gasteiger partial charge in [0.05, 0.1) is 57.8 Å². The van der Waals surface area contributed by atoms with Crippen LogP contribution in [0.4, 0.5) is 20.2 Å². The summed E-state index contributed by atoms with van der Waals surface area (Å²) in [5.41, 5.74) is 3.54. The lowest BCUT2D eigenvalue weighted by Crippen LogP contribution is -2.28. The molecule has 0 bridgehead atoms. The highest BCUT2D eigenvalue weighted by Crippen LogP contribution is 2.43. The Labute approximate surface area is 434 Å². The number of rotatable bonds is 13. The summed E-state index contributed by atoms with van der Waals surface area (Å²) in [6.45, 7) is 16.0. The number of ether oxygens (including phenoxy) is 8. The van der Waals surface area contributed by atoms with E-state index < -0.39 is 23.2 Å². The van der Waals surface area contributed by atoms with E-state index in [9.17, 15) is 23.9 Å². The average Bonchev–Trinajstić information content (AvgIpc) is 4.20. The molecule has 2 aliphatic rings. The highest BCUT2D eigenvalue weighted by atomic mass is 19.1. The molecule has 0 atom stereocenters. The molecule has 0 aromatic heterocycles. The van der Waals surface area contributed by atoms with Crippen molar-refractivity contribution in [3.05, 3.63) is 249 Å². The van der Waals surface area contributed by atoms with Gasteiger partial charge in [0.2, 0.25) is 22.9 Å². The molecule has 0 aliphatic carbocycles. The molecule has 2 saturated heterocycles. The number of carbonyl (C=O) groups excluding carboxylic acids is 1. The van der Waals surface area contributed by atoms with Crippen molar-refractivity contribution in [3.63, 3.8) is 0 Å². The van der Waals surface area contributed by atoms with Gasteiger partial charge in [0.1, 0.15) is 69.8 Å². The van der Waals surface area contributed by atoms with E-state index in [1.165, 1.54) is 12.1 Å². The second-order valence-electron chi connectivity index (χ2n) is 16.7. The first-order valence-corrected chi connectivity index (χ1v) is 23.2. The quantitative estimate of drug-likeness (QED) is 0.0859. The molecule has 2 heterocycles. The Morgan fingerprint density at radius 1 is 0.513 bits per heavy atom. The van der Waals surface area contributed by atoms with Gasteiger partial charge in [-0.2, -0.15) is 10.5 Å². The first kappa shape index (κ1) is 51.0. The fourth-order valence-corrected chi connectivity index (χ4v) is 8.30. The number of hydrogen-bond acceptors (Lipinski definition) is 12. The lowest BCUT2D eigenvalue weighted by atomic mass is 9.97. The number of nitriles is 2. The fraction of sp³-hybridized carbons (Fsp3) is 0.117. The molecule has 374 valence electrons. The van der Waals surface area contributed by atoms with Crippen LogP contribution >= 0.6 is 0 Å². The van der Waals surface area contributed by atoms with Crippen molar-refractivity contribution in [3.8, 4) is 58.1 Å². The third kappa shape index (κ3) is 10.7. The van der Waals surface area contributed by atoms with Crippen LogP contribution in [0.3, 0.4) is 0 Å². The van der Waals surface area contributed by atoms with E-state index in [2.05, 4.69) is 9.69 Å². The minimum atomic E-state index is -1.16. The Morgan fingerprint density at radius 2 is 0.908 bits per heavy atom. The van der Waals surface area contributed by atoms with Gasteiger partial charge in [-0.25, -0.2) is 18.5 Å². The van der Waals surface area contributed by atoms with E-state index in [-0.39, 0.29) is 45.5 Å². The monoisotopic (exact) mass is 1010 g/mol. The van der Waals surface area contributed by atoms with E-state index in [0.717, 1.165) is 28.8 Å². The molecule has 14 nitrogen and oxygen atoms in total. The highest BCUT2D eigenvalue weighted by Gasteiger charge is 2.42. The molecule has 2 aliphatic heterocycles. The normalized spacial score (nSPS) is 13.8. The summed E-state index contributed by atoms with van der Waals surface area (Å²) in [6.07, 6.45) is 0. The minimum Gasteiger partial charge on any atom is -0.508 e. The molecule has 10 rings (SSSR count). The highest BCUT2D eigenvalue weighted by molar-refractivity contribution is 6.09. The van der Waals surface area contributed by atoms with E-state index in [4.69, 9.17) is 56.3 Å². The van der Waals surface area contributed by atoms with Gasteiger partial charge in [-0.1, -0.05) is 0 Å². The first-order chi connectivity index (χ1) is 37.0. The van der Waals surface area contributed by atoms with Gasteiger partial charge in [0.15, 0.2) is 5.78 Å². The van der Waals surface area contributed by atoms with Crippen LogP contribution in [0.2, 0.25) is 0 Å². The zero-order valence-electron chi connectivity index (χ0n) is 40.2. The summed E-state index contributed by atoms with van der Waals surface area (Å²) >= 11 is 0. The van der Waals surface area contributed by atoms with E-state index in [1.54, 1.807) is 135 Å². The summed E-state index contributed by atoms with van der Waals surface area (Å²) in [6, 6.07) is 49.6. The van der Waals surface area contributed by atoms with Crippen molar-refractivity contribution < 1.29 is 56.6 Å². The van der Waals surface area contributed by atoms with E-state index in [1.807, 2.05) is 30.3 Å². The van der Waals surface area contributed by atoms with Crippen LogP contribution in [0.1, 0.15) is 49.3 Å². The number of nitrogens with zero attached hydrogens (tertiary/aromatic N) is 4. The van der Waals surface area contributed by atoms with Gasteiger partial charge in [0.25, 0.3) is 0 Å². The number of ketones is 1. The first-order valence-electron chi connectivity index (χ1n) is 23.2. The Bertz CT molecular complexity index is 3570. The maximum Gasteiger partial charge on any atom is 0.231 e. The standard InChI is InChI=1S/C37H25FN2O6.C23H15FN2O4/c1-40-34-22-35(26(23-39)21-33(34)38)46-32-17-9-28(10-18-32)37(43-19-20-44-37)27-7-15-31(16-8-27)45-30-13-5-25(6-14-30)36(41)24-3-11-29(42-2)12-4-24;1-26-21-13-20(24)15(14-25)12-22(21)30-19-8-4-17(5-9-19)23(28-10-11-29-23)16-2-6-18(27)7-3-16/h3-18,21-22H,19-20H2,2H3;2-9,12-13,27H,10-11H2. The molecule has 0 unspecified atom stereocenters. The molecular weight excluding hydrogens is 975 g/mol. The van der Waals surface area contributed by atoms with Crippen molar-refractivity contribution in [1.29, 1.82) is 10.5 Å². The summed E-state index contributed by atoms with van der Waals surface area (Å²) in [4.78, 5) is 19.2. The molecule has 0 spiro atoms. The number of phenols is 1. The van der Waals surface area contributed by atoms with Gasteiger partial charge in [-0.15, -0.1) is 0 Å². The van der Waals surface area contributed by atoms with Crippen LogP contribution in [0.25, 0.3) is 9.69 Å². The molecule has 1 N–H and O–H groups in total. The van der Waals surface area contributed by atoms with Crippen LogP contribution in [-0.4, -0.2) is 44.4 Å². The maximum absolute atomic E-state index is 14.0. The lowest BCUT2D eigenvalue weighted by Gasteiger charge is -2.28. The zero-order chi connectivity index (χ0) is 53.2. The van der Waals surface area contributed by atoms with Gasteiger partial charge in [-0.05, 0) is 170 Å². The number of carbonyl (C=O) groups is 1. The van der Waals surface area contributed by atoms with Crippen LogP contribution < -0.4 is 18.9 Å². The number of aromatic hydroxyl groups is 1. The summed E-state index contributed by atoms with van der Waals surface area (Å²) in [5, 5.41) is 28.0. The van der Waals surface area contributed by atoms with Crippen molar-refractivity contribution in [1.82, 2.24) is 0 Å². The minimum absolute atomic E-state index is 0.0202. The second-order valence-corrected chi connectivity index (χ2v) is 16.7. The Balaban J connectivity index is 0.000000203. The average molecular weight is 1010 g/mol. The Kier molecular flexibility index (Phi) is 15.1. The Morgan fingerprint density at radius 3 is 1.33 bits per heavy atom. The van der Waals surface area contributed by atoms with Crippen molar-refractivity contribution in [2.75, 3.05) is 33.5 Å². The fourth-order valence-electron chi connectivity index (χ4n) is 8.30. The largest absolute Gasteiger partial charge is 0.508 e. The molecule has 0 amide bonds. The number of halogens is 2. The van der Waals surface area contributed by atoms with Gasteiger partial charge in [0, 0.05) is 33.4 Å². The SMILES string of the molecule is [C-]#[N+]c1cc(F)c(C#N)cc1Oc1ccc(C2(c3ccc(O)cc3)OCCO2)cc1.[C-]#[N+]c1cc(Oc2ccc(C3(c4ccc(Oc5ccc(C(=O)c6ccc(OC)cc6)cc5)cc4)OCCO3)cc2)c(C#N)cc1F. The van der Waals surface area contributed by atoms with E-state index >= 15 is 0 Å². The summed E-state index contributed by atoms with van der Waals surface area (Å²) in [5.74, 6) is -0.962. The van der Waals surface area contributed by atoms with Crippen molar-refractivity contribution in [2.45, 2.75) is 11.6 Å². The summed E-state index contributed by atoms with van der Waals surface area (Å²) < 4.78 is 74.6. The van der Waals surface area contributed by atoms with Crippen molar-refractivity contribution in [2.24, 2.45) is 0 Å². The third-order valence-electron chi connectivity index (χ3n) is 12.1.